The van der Waals surface area contributed by atoms with Gasteiger partial charge in [0.15, 0.2) is 6.61 Å². The van der Waals surface area contributed by atoms with Gasteiger partial charge in [-0.25, -0.2) is 10.4 Å². The fraction of sp³-hybridized carbons (Fsp3) is 0.105. The van der Waals surface area contributed by atoms with E-state index in [2.05, 4.69) is 15.5 Å². The molecular formula is C19H14Cl3N3O2. The van der Waals surface area contributed by atoms with Crippen molar-refractivity contribution in [2.24, 2.45) is 5.10 Å². The van der Waals surface area contributed by atoms with Gasteiger partial charge in [0.25, 0.3) is 5.91 Å². The number of amides is 1. The number of benzene rings is 2. The number of nitrogens with one attached hydrogen (secondary N) is 1. The van der Waals surface area contributed by atoms with Gasteiger partial charge in [-0.1, -0.05) is 53.0 Å². The second-order valence-corrected chi connectivity index (χ2v) is 6.84. The zero-order chi connectivity index (χ0) is 19.4. The van der Waals surface area contributed by atoms with E-state index in [9.17, 15) is 4.79 Å². The van der Waals surface area contributed by atoms with E-state index in [-0.39, 0.29) is 11.6 Å². The third-order valence-electron chi connectivity index (χ3n) is 3.62. The normalized spacial score (nSPS) is 11.1. The van der Waals surface area contributed by atoms with Crippen LogP contribution in [0, 0.1) is 6.92 Å². The predicted molar refractivity (Wildman–Crippen MR) is 109 cm³/mol. The van der Waals surface area contributed by atoms with E-state index in [1.54, 1.807) is 18.2 Å². The van der Waals surface area contributed by atoms with Crippen molar-refractivity contribution in [3.8, 4) is 5.75 Å². The van der Waals surface area contributed by atoms with Crippen LogP contribution in [0.25, 0.3) is 10.9 Å². The zero-order valence-corrected chi connectivity index (χ0v) is 16.4. The molecule has 0 fully saturated rings. The fourth-order valence-electron chi connectivity index (χ4n) is 2.31. The van der Waals surface area contributed by atoms with E-state index in [0.29, 0.717) is 21.5 Å². The summed E-state index contributed by atoms with van der Waals surface area (Å²) in [5, 5.41) is 5.72. The summed E-state index contributed by atoms with van der Waals surface area (Å²) >= 11 is 18.1. The molecule has 0 spiro atoms. The molecule has 0 unspecified atom stereocenters. The Bertz CT molecular complexity index is 1040. The monoisotopic (exact) mass is 421 g/mol. The first-order valence-corrected chi connectivity index (χ1v) is 9.03. The van der Waals surface area contributed by atoms with Gasteiger partial charge in [-0.15, -0.1) is 0 Å². The molecule has 0 saturated carbocycles. The molecule has 3 rings (SSSR count). The summed E-state index contributed by atoms with van der Waals surface area (Å²) in [7, 11) is 0. The second-order valence-electron chi connectivity index (χ2n) is 5.70. The zero-order valence-electron chi connectivity index (χ0n) is 14.2. The number of nitrogens with zero attached hydrogens (tertiary/aromatic N) is 2. The molecule has 3 aromatic rings. The van der Waals surface area contributed by atoms with Crippen LogP contribution in [-0.2, 0) is 4.79 Å². The van der Waals surface area contributed by atoms with Crippen molar-refractivity contribution in [3.63, 3.8) is 0 Å². The Morgan fingerprint density at radius 2 is 2.04 bits per heavy atom. The van der Waals surface area contributed by atoms with Crippen LogP contribution in [0.5, 0.6) is 5.75 Å². The lowest BCUT2D eigenvalue weighted by atomic mass is 10.1. The van der Waals surface area contributed by atoms with Crippen LogP contribution in [0.15, 0.2) is 47.6 Å². The fourth-order valence-corrected chi connectivity index (χ4v) is 2.85. The molecule has 1 N–H and O–H groups in total. The molecule has 0 aliphatic rings. The average molecular weight is 423 g/mol. The Hall–Kier alpha value is -2.34. The van der Waals surface area contributed by atoms with Gasteiger partial charge in [0.1, 0.15) is 15.9 Å². The summed E-state index contributed by atoms with van der Waals surface area (Å²) in [6.45, 7) is 1.72. The number of pyridine rings is 1. The van der Waals surface area contributed by atoms with E-state index >= 15 is 0 Å². The molecule has 0 atom stereocenters. The Balaban J connectivity index is 1.62. The largest absolute Gasteiger partial charge is 0.482 e. The number of aryl methyl sites for hydroxylation is 1. The molecule has 0 bridgehead atoms. The van der Waals surface area contributed by atoms with Crippen LogP contribution in [0.2, 0.25) is 15.2 Å². The van der Waals surface area contributed by atoms with Crippen molar-refractivity contribution < 1.29 is 9.53 Å². The van der Waals surface area contributed by atoms with Crippen molar-refractivity contribution >= 4 is 57.8 Å². The van der Waals surface area contributed by atoms with Crippen molar-refractivity contribution in [1.82, 2.24) is 10.4 Å². The van der Waals surface area contributed by atoms with E-state index in [0.717, 1.165) is 16.5 Å². The molecule has 5 nitrogen and oxygen atoms in total. The van der Waals surface area contributed by atoms with Gasteiger partial charge < -0.3 is 4.74 Å². The van der Waals surface area contributed by atoms with Crippen molar-refractivity contribution in [2.75, 3.05) is 6.61 Å². The van der Waals surface area contributed by atoms with Gasteiger partial charge in [0.2, 0.25) is 0 Å². The number of aromatic nitrogens is 1. The van der Waals surface area contributed by atoms with Crippen molar-refractivity contribution in [3.05, 3.63) is 68.8 Å². The number of hydrogen-bond acceptors (Lipinski definition) is 4. The van der Waals surface area contributed by atoms with Gasteiger partial charge >= 0.3 is 0 Å². The van der Waals surface area contributed by atoms with Gasteiger partial charge in [0.05, 0.1) is 16.8 Å². The van der Waals surface area contributed by atoms with E-state index < -0.39 is 5.91 Å². The molecule has 0 aliphatic heterocycles. The second kappa shape index (κ2) is 8.57. The molecule has 138 valence electrons. The number of hydrogen-bond donors (Lipinski definition) is 1. The molecule has 2 aromatic carbocycles. The molecule has 8 heteroatoms. The highest BCUT2D eigenvalue weighted by Crippen LogP contribution is 2.31. The molecule has 0 aliphatic carbocycles. The number of carbonyl (C=O) groups is 1. The highest BCUT2D eigenvalue weighted by atomic mass is 35.5. The molecule has 0 saturated heterocycles. The van der Waals surface area contributed by atoms with Crippen molar-refractivity contribution in [2.45, 2.75) is 6.92 Å². The number of halogens is 3. The number of hydrazone groups is 1. The Morgan fingerprint density at radius 3 is 2.85 bits per heavy atom. The van der Waals surface area contributed by atoms with E-state index in [4.69, 9.17) is 39.5 Å². The maximum Gasteiger partial charge on any atom is 0.277 e. The SMILES string of the molecule is Cc1ccc2cc(/C=N/NC(=O)COc3cccc(Cl)c3Cl)c(Cl)nc2c1. The summed E-state index contributed by atoms with van der Waals surface area (Å²) in [6, 6.07) is 12.7. The van der Waals surface area contributed by atoms with Gasteiger partial charge in [-0.3, -0.25) is 4.79 Å². The molecule has 1 heterocycles. The third-order valence-corrected chi connectivity index (χ3v) is 4.73. The molecular weight excluding hydrogens is 409 g/mol. The molecule has 1 amide bonds. The maximum absolute atomic E-state index is 11.9. The smallest absolute Gasteiger partial charge is 0.277 e. The number of carbonyl (C=O) groups excluding carboxylic acids is 1. The first kappa shape index (κ1) is 19.4. The van der Waals surface area contributed by atoms with Crippen LogP contribution in [0.1, 0.15) is 11.1 Å². The summed E-state index contributed by atoms with van der Waals surface area (Å²) in [6.07, 6.45) is 1.43. The van der Waals surface area contributed by atoms with Gasteiger partial charge in [-0.05, 0) is 36.8 Å². The summed E-state index contributed by atoms with van der Waals surface area (Å²) in [5.41, 5.74) is 4.85. The Morgan fingerprint density at radius 1 is 1.22 bits per heavy atom. The number of rotatable bonds is 5. The maximum atomic E-state index is 11.9. The minimum absolute atomic E-state index is 0.250. The van der Waals surface area contributed by atoms with Gasteiger partial charge in [0, 0.05) is 10.9 Å². The Kier molecular flexibility index (Phi) is 6.16. The lowest BCUT2D eigenvalue weighted by Gasteiger charge is -2.07. The van der Waals surface area contributed by atoms with Crippen LogP contribution < -0.4 is 10.2 Å². The first-order valence-electron chi connectivity index (χ1n) is 7.89. The summed E-state index contributed by atoms with van der Waals surface area (Å²) < 4.78 is 5.33. The predicted octanol–water partition coefficient (Wildman–Crippen LogP) is 5.03. The minimum Gasteiger partial charge on any atom is -0.482 e. The standard InChI is InChI=1S/C19H14Cl3N3O2/c1-11-5-6-12-8-13(19(22)24-15(12)7-11)9-23-25-17(26)10-27-16-4-2-3-14(20)18(16)21/h2-9H,10H2,1H3,(H,25,26)/b23-9+. The highest BCUT2D eigenvalue weighted by Gasteiger charge is 2.08. The minimum atomic E-state index is -0.456. The molecule has 0 radical (unpaired) electrons. The Labute approximate surface area is 170 Å². The number of fused-ring (bicyclic) bond motifs is 1. The van der Waals surface area contributed by atoms with Crippen LogP contribution >= 0.6 is 34.8 Å². The highest BCUT2D eigenvalue weighted by molar-refractivity contribution is 6.42. The van der Waals surface area contributed by atoms with Gasteiger partial charge in [-0.2, -0.15) is 5.10 Å². The molecule has 27 heavy (non-hydrogen) atoms. The average Bonchev–Trinajstić information content (AvgIpc) is 2.63. The van der Waals surface area contributed by atoms with Crippen LogP contribution in [0.3, 0.4) is 0 Å². The van der Waals surface area contributed by atoms with E-state index in [1.807, 2.05) is 31.2 Å². The summed E-state index contributed by atoms with van der Waals surface area (Å²) in [5.74, 6) is -0.136. The lowest BCUT2D eigenvalue weighted by Crippen LogP contribution is -2.24. The summed E-state index contributed by atoms with van der Waals surface area (Å²) in [4.78, 5) is 16.2. The lowest BCUT2D eigenvalue weighted by molar-refractivity contribution is -0.123. The number of ether oxygens (including phenoxy) is 1. The topological polar surface area (TPSA) is 63.6 Å². The first-order chi connectivity index (χ1) is 12.9. The van der Waals surface area contributed by atoms with Crippen LogP contribution in [0.4, 0.5) is 0 Å². The third kappa shape index (κ3) is 4.89. The molecule has 1 aromatic heterocycles. The van der Waals surface area contributed by atoms with Crippen molar-refractivity contribution in [1.29, 1.82) is 0 Å². The van der Waals surface area contributed by atoms with Crippen LogP contribution in [-0.4, -0.2) is 23.7 Å². The van der Waals surface area contributed by atoms with E-state index in [1.165, 1.54) is 6.21 Å². The quantitative estimate of drug-likeness (QED) is 0.356.